The maximum Gasteiger partial charge on any atom is 0.312 e. The second kappa shape index (κ2) is 5.69. The molecule has 0 aliphatic carbocycles. The van der Waals surface area contributed by atoms with Crippen LogP contribution in [-0.4, -0.2) is 26.2 Å². The van der Waals surface area contributed by atoms with Crippen molar-refractivity contribution in [2.75, 3.05) is 31.2 Å². The van der Waals surface area contributed by atoms with Crippen molar-refractivity contribution in [2.24, 2.45) is 5.73 Å². The second-order valence-electron chi connectivity index (χ2n) is 3.17. The first-order valence-electron chi connectivity index (χ1n) is 4.84. The number of nitrogens with two attached hydrogens (primary N) is 2. The molecule has 1 rings (SSSR count). The average Bonchev–Trinajstić information content (AvgIpc) is 2.26. The Labute approximate surface area is 93.9 Å². The van der Waals surface area contributed by atoms with Gasteiger partial charge in [-0.25, -0.2) is 4.79 Å². The summed E-state index contributed by atoms with van der Waals surface area (Å²) in [7, 11) is 1.59. The van der Waals surface area contributed by atoms with E-state index >= 15 is 0 Å². The summed E-state index contributed by atoms with van der Waals surface area (Å²) in [5.41, 5.74) is 12.1. The van der Waals surface area contributed by atoms with E-state index in [9.17, 15) is 4.79 Å². The maximum absolute atomic E-state index is 10.4. The van der Waals surface area contributed by atoms with Gasteiger partial charge in [-0.3, -0.25) is 0 Å². The fourth-order valence-electron chi connectivity index (χ4n) is 1.20. The minimum atomic E-state index is -0.541. The predicted octanol–water partition coefficient (Wildman–Crippen LogP) is 0.358. The number of hydrogen-bond acceptors (Lipinski definition) is 4. The number of anilines is 2. The smallest absolute Gasteiger partial charge is 0.312 e. The molecule has 0 saturated carbocycles. The lowest BCUT2D eigenvalue weighted by atomic mass is 10.2. The zero-order valence-electron chi connectivity index (χ0n) is 9.12. The standard InChI is InChI=1S/C10H16N4O2/c1-16-7-2-3-8(11)9(6-7)13-4-5-14-10(12)15/h2-3,6,13H,4-5,11H2,1H3,(H3,12,14,15). The molecule has 6 heteroatoms. The summed E-state index contributed by atoms with van der Waals surface area (Å²) in [5.74, 6) is 0.722. The molecule has 6 N–H and O–H groups in total. The largest absolute Gasteiger partial charge is 0.497 e. The van der Waals surface area contributed by atoms with E-state index in [4.69, 9.17) is 16.2 Å². The molecule has 0 heterocycles. The van der Waals surface area contributed by atoms with E-state index in [2.05, 4.69) is 10.6 Å². The Morgan fingerprint density at radius 3 is 2.81 bits per heavy atom. The molecule has 0 saturated heterocycles. The zero-order valence-corrected chi connectivity index (χ0v) is 9.12. The van der Waals surface area contributed by atoms with Crippen LogP contribution in [-0.2, 0) is 0 Å². The van der Waals surface area contributed by atoms with Crippen LogP contribution in [0, 0.1) is 0 Å². The Hall–Kier alpha value is -2.11. The van der Waals surface area contributed by atoms with Gasteiger partial charge >= 0.3 is 6.03 Å². The normalized spacial score (nSPS) is 9.56. The molecule has 1 aromatic carbocycles. The number of hydrogen-bond donors (Lipinski definition) is 4. The Kier molecular flexibility index (Phi) is 4.26. The molecule has 0 fully saturated rings. The minimum absolute atomic E-state index is 0.436. The van der Waals surface area contributed by atoms with Crippen LogP contribution in [0.2, 0.25) is 0 Å². The van der Waals surface area contributed by atoms with E-state index in [1.54, 1.807) is 25.3 Å². The van der Waals surface area contributed by atoms with Gasteiger partial charge in [0.1, 0.15) is 5.75 Å². The molecule has 0 bridgehead atoms. The number of primary amides is 1. The monoisotopic (exact) mass is 224 g/mol. The van der Waals surface area contributed by atoms with E-state index in [-0.39, 0.29) is 0 Å². The van der Waals surface area contributed by atoms with Crippen molar-refractivity contribution < 1.29 is 9.53 Å². The summed E-state index contributed by atoms with van der Waals surface area (Å²) in [6.45, 7) is 0.978. The molecular formula is C10H16N4O2. The number of urea groups is 1. The molecular weight excluding hydrogens is 208 g/mol. The van der Waals surface area contributed by atoms with Gasteiger partial charge in [0.2, 0.25) is 0 Å². The third kappa shape index (κ3) is 3.56. The molecule has 0 aliphatic heterocycles. The van der Waals surface area contributed by atoms with Crippen LogP contribution in [0.15, 0.2) is 18.2 Å². The highest BCUT2D eigenvalue weighted by Gasteiger charge is 2.00. The quantitative estimate of drug-likeness (QED) is 0.428. The number of carbonyl (C=O) groups excluding carboxylic acids is 1. The summed E-state index contributed by atoms with van der Waals surface area (Å²) in [5, 5.41) is 5.54. The van der Waals surface area contributed by atoms with Crippen molar-refractivity contribution in [3.05, 3.63) is 18.2 Å². The molecule has 6 nitrogen and oxygen atoms in total. The van der Waals surface area contributed by atoms with Crippen molar-refractivity contribution >= 4 is 17.4 Å². The van der Waals surface area contributed by atoms with Gasteiger partial charge in [-0.1, -0.05) is 0 Å². The molecule has 2 amide bonds. The van der Waals surface area contributed by atoms with Gasteiger partial charge in [0, 0.05) is 19.2 Å². The molecule has 0 aromatic heterocycles. The molecule has 0 spiro atoms. The third-order valence-electron chi connectivity index (χ3n) is 2.00. The number of nitrogens with one attached hydrogen (secondary N) is 2. The summed E-state index contributed by atoms with van der Waals surface area (Å²) >= 11 is 0. The van der Waals surface area contributed by atoms with E-state index in [0.717, 1.165) is 11.4 Å². The first-order valence-corrected chi connectivity index (χ1v) is 4.84. The number of methoxy groups -OCH3 is 1. The Balaban J connectivity index is 2.49. The van der Waals surface area contributed by atoms with Gasteiger partial charge in [-0.15, -0.1) is 0 Å². The van der Waals surface area contributed by atoms with Gasteiger partial charge < -0.3 is 26.8 Å². The fourth-order valence-corrected chi connectivity index (χ4v) is 1.20. The second-order valence-corrected chi connectivity index (χ2v) is 3.17. The van der Waals surface area contributed by atoms with Crippen molar-refractivity contribution in [3.63, 3.8) is 0 Å². The van der Waals surface area contributed by atoms with Gasteiger partial charge in [-0.05, 0) is 12.1 Å². The maximum atomic E-state index is 10.4. The molecule has 1 aromatic rings. The highest BCUT2D eigenvalue weighted by atomic mass is 16.5. The number of nitrogen functional groups attached to an aromatic ring is 1. The number of amides is 2. The Bertz CT molecular complexity index is 368. The van der Waals surface area contributed by atoms with E-state index in [0.29, 0.717) is 18.8 Å². The third-order valence-corrected chi connectivity index (χ3v) is 2.00. The first kappa shape index (κ1) is 12.0. The van der Waals surface area contributed by atoms with E-state index in [1.807, 2.05) is 0 Å². The van der Waals surface area contributed by atoms with Crippen molar-refractivity contribution in [2.45, 2.75) is 0 Å². The number of benzene rings is 1. The van der Waals surface area contributed by atoms with Gasteiger partial charge in [0.15, 0.2) is 0 Å². The van der Waals surface area contributed by atoms with Crippen LogP contribution >= 0.6 is 0 Å². The minimum Gasteiger partial charge on any atom is -0.497 e. The Morgan fingerprint density at radius 2 is 2.19 bits per heavy atom. The SMILES string of the molecule is COc1ccc(N)c(NCCNC(N)=O)c1. The van der Waals surface area contributed by atoms with E-state index in [1.165, 1.54) is 0 Å². The van der Waals surface area contributed by atoms with Crippen molar-refractivity contribution in [3.8, 4) is 5.75 Å². The summed E-state index contributed by atoms with van der Waals surface area (Å²) < 4.78 is 5.07. The number of carbonyl (C=O) groups is 1. The van der Waals surface area contributed by atoms with Crippen LogP contribution in [0.3, 0.4) is 0 Å². The van der Waals surface area contributed by atoms with Crippen LogP contribution in [0.1, 0.15) is 0 Å². The predicted molar refractivity (Wildman–Crippen MR) is 63.5 cm³/mol. The molecule has 0 aliphatic rings. The molecule has 0 unspecified atom stereocenters. The van der Waals surface area contributed by atoms with Crippen LogP contribution in [0.5, 0.6) is 5.75 Å². The lowest BCUT2D eigenvalue weighted by Crippen LogP contribution is -2.33. The van der Waals surface area contributed by atoms with Crippen molar-refractivity contribution in [1.29, 1.82) is 0 Å². The average molecular weight is 224 g/mol. The number of ether oxygens (including phenoxy) is 1. The molecule has 0 radical (unpaired) electrons. The lowest BCUT2D eigenvalue weighted by molar-refractivity contribution is 0.249. The summed E-state index contributed by atoms with van der Waals surface area (Å²) in [6.07, 6.45) is 0. The first-order chi connectivity index (χ1) is 7.63. The van der Waals surface area contributed by atoms with Gasteiger partial charge in [0.25, 0.3) is 0 Å². The zero-order chi connectivity index (χ0) is 12.0. The van der Waals surface area contributed by atoms with Crippen LogP contribution < -0.4 is 26.8 Å². The van der Waals surface area contributed by atoms with E-state index < -0.39 is 6.03 Å². The van der Waals surface area contributed by atoms with Gasteiger partial charge in [0.05, 0.1) is 18.5 Å². The molecule has 16 heavy (non-hydrogen) atoms. The van der Waals surface area contributed by atoms with Gasteiger partial charge in [-0.2, -0.15) is 0 Å². The van der Waals surface area contributed by atoms with Crippen molar-refractivity contribution in [1.82, 2.24) is 5.32 Å². The van der Waals surface area contributed by atoms with Crippen LogP contribution in [0.4, 0.5) is 16.2 Å². The molecule has 88 valence electrons. The fraction of sp³-hybridized carbons (Fsp3) is 0.300. The lowest BCUT2D eigenvalue weighted by Gasteiger charge is -2.10. The summed E-state index contributed by atoms with van der Waals surface area (Å²) in [6, 6.07) is 4.78. The topological polar surface area (TPSA) is 102 Å². The highest BCUT2D eigenvalue weighted by Crippen LogP contribution is 2.23. The summed E-state index contributed by atoms with van der Waals surface area (Å²) in [4.78, 5) is 10.4. The Morgan fingerprint density at radius 1 is 1.44 bits per heavy atom. The molecule has 0 atom stereocenters. The van der Waals surface area contributed by atoms with Crippen LogP contribution in [0.25, 0.3) is 0 Å². The highest BCUT2D eigenvalue weighted by molar-refractivity contribution is 5.71. The number of rotatable bonds is 5.